The molecule has 0 spiro atoms. The van der Waals surface area contributed by atoms with Gasteiger partial charge in [-0.15, -0.1) is 0 Å². The van der Waals surface area contributed by atoms with Gasteiger partial charge >= 0.3 is 6.61 Å². The quantitative estimate of drug-likeness (QED) is 0.473. The fraction of sp³-hybridized carbons (Fsp3) is 0.0714. The average molecular weight is 319 g/mol. The zero-order chi connectivity index (χ0) is 15.6. The van der Waals surface area contributed by atoms with Crippen molar-refractivity contribution in [1.82, 2.24) is 0 Å². The third-order valence-electron chi connectivity index (χ3n) is 2.60. The molecule has 0 fully saturated rings. The summed E-state index contributed by atoms with van der Waals surface area (Å²) in [6.07, 6.45) is 0. The molecule has 2 nitrogen and oxygen atoms in total. The maximum Gasteiger partial charge on any atom is 0.387 e. The summed E-state index contributed by atoms with van der Waals surface area (Å²) >= 11 is 5.69. The first-order chi connectivity index (χ1) is 9.90. The normalized spacial score (nSPS) is 10.8. The Labute approximate surface area is 121 Å². The highest BCUT2D eigenvalue weighted by Crippen LogP contribution is 2.27. The highest BCUT2D eigenvalue weighted by atomic mass is 35.5. The SMILES string of the molecule is O=C(c1cc(F)c(F)cc1Cl)c1ccccc1OC(F)F. The van der Waals surface area contributed by atoms with Gasteiger partial charge in [0.2, 0.25) is 0 Å². The molecule has 0 saturated carbocycles. The second-order valence-corrected chi connectivity index (χ2v) is 4.36. The van der Waals surface area contributed by atoms with E-state index in [0.717, 1.165) is 6.07 Å². The molecule has 110 valence electrons. The summed E-state index contributed by atoms with van der Waals surface area (Å²) in [7, 11) is 0. The zero-order valence-electron chi connectivity index (χ0n) is 10.2. The van der Waals surface area contributed by atoms with Gasteiger partial charge in [0.1, 0.15) is 5.75 Å². The van der Waals surface area contributed by atoms with Gasteiger partial charge in [-0.1, -0.05) is 23.7 Å². The lowest BCUT2D eigenvalue weighted by molar-refractivity contribution is -0.0501. The van der Waals surface area contributed by atoms with Crippen LogP contribution >= 0.6 is 11.6 Å². The van der Waals surface area contributed by atoms with E-state index >= 15 is 0 Å². The Balaban J connectivity index is 2.48. The number of ether oxygens (including phenoxy) is 1. The predicted molar refractivity (Wildman–Crippen MR) is 67.9 cm³/mol. The second-order valence-electron chi connectivity index (χ2n) is 3.95. The average Bonchev–Trinajstić information content (AvgIpc) is 2.42. The van der Waals surface area contributed by atoms with Gasteiger partial charge in [0, 0.05) is 5.56 Å². The summed E-state index contributed by atoms with van der Waals surface area (Å²) in [5.41, 5.74) is -0.577. The summed E-state index contributed by atoms with van der Waals surface area (Å²) in [6.45, 7) is -3.13. The van der Waals surface area contributed by atoms with Gasteiger partial charge in [-0.25, -0.2) is 8.78 Å². The molecular weight excluding hydrogens is 312 g/mol. The standard InChI is InChI=1S/C14H7ClF4O2/c15-9-6-11(17)10(16)5-8(9)13(20)7-3-1-2-4-12(7)21-14(18)19/h1-6,14H. The number of hydrogen-bond acceptors (Lipinski definition) is 2. The van der Waals surface area contributed by atoms with E-state index < -0.39 is 24.0 Å². The number of carbonyl (C=O) groups is 1. The number of benzene rings is 2. The first kappa shape index (κ1) is 15.3. The molecule has 0 aromatic heterocycles. The van der Waals surface area contributed by atoms with E-state index in [4.69, 9.17) is 11.6 Å². The number of para-hydroxylation sites is 1. The van der Waals surface area contributed by atoms with Crippen LogP contribution in [0.1, 0.15) is 15.9 Å². The van der Waals surface area contributed by atoms with Crippen molar-refractivity contribution >= 4 is 17.4 Å². The lowest BCUT2D eigenvalue weighted by atomic mass is 10.0. The molecule has 7 heteroatoms. The van der Waals surface area contributed by atoms with Crippen LogP contribution in [0.25, 0.3) is 0 Å². The highest BCUT2D eigenvalue weighted by Gasteiger charge is 2.21. The van der Waals surface area contributed by atoms with E-state index in [2.05, 4.69) is 4.74 Å². The van der Waals surface area contributed by atoms with Crippen molar-refractivity contribution in [2.75, 3.05) is 0 Å². The number of carbonyl (C=O) groups excluding carboxylic acids is 1. The topological polar surface area (TPSA) is 26.3 Å². The summed E-state index contributed by atoms with van der Waals surface area (Å²) in [4.78, 5) is 12.2. The van der Waals surface area contributed by atoms with Gasteiger partial charge in [0.05, 0.1) is 10.6 Å². The minimum Gasteiger partial charge on any atom is -0.434 e. The Morgan fingerprint density at radius 3 is 2.33 bits per heavy atom. The van der Waals surface area contributed by atoms with Crippen molar-refractivity contribution in [3.8, 4) is 5.75 Å². The third kappa shape index (κ3) is 3.33. The summed E-state index contributed by atoms with van der Waals surface area (Å²) in [5.74, 6) is -3.71. The highest BCUT2D eigenvalue weighted by molar-refractivity contribution is 6.35. The first-order valence-electron chi connectivity index (χ1n) is 5.63. The molecule has 0 amide bonds. The molecule has 0 saturated heterocycles. The lowest BCUT2D eigenvalue weighted by Gasteiger charge is -2.10. The number of alkyl halides is 2. The maximum atomic E-state index is 13.2. The molecule has 2 aromatic carbocycles. The Hall–Kier alpha value is -2.08. The molecule has 0 bridgehead atoms. The van der Waals surface area contributed by atoms with Gasteiger partial charge in [0.25, 0.3) is 0 Å². The Bertz CT molecular complexity index is 689. The van der Waals surface area contributed by atoms with Crippen molar-refractivity contribution < 1.29 is 27.1 Å². The van der Waals surface area contributed by atoms with E-state index in [-0.39, 0.29) is 21.9 Å². The minimum atomic E-state index is -3.13. The number of rotatable bonds is 4. The van der Waals surface area contributed by atoms with Crippen molar-refractivity contribution in [2.24, 2.45) is 0 Å². The van der Waals surface area contributed by atoms with Gasteiger partial charge in [0.15, 0.2) is 17.4 Å². The molecule has 0 aliphatic carbocycles. The smallest absolute Gasteiger partial charge is 0.387 e. The van der Waals surface area contributed by atoms with Crippen molar-refractivity contribution in [3.05, 3.63) is 64.2 Å². The molecule has 21 heavy (non-hydrogen) atoms. The third-order valence-corrected chi connectivity index (χ3v) is 2.92. The number of halogens is 5. The minimum absolute atomic E-state index is 0.231. The van der Waals surface area contributed by atoms with Gasteiger partial charge in [-0.2, -0.15) is 8.78 Å². The number of hydrogen-bond donors (Lipinski definition) is 0. The Kier molecular flexibility index (Phi) is 4.47. The van der Waals surface area contributed by atoms with Crippen LogP contribution in [0.2, 0.25) is 5.02 Å². The van der Waals surface area contributed by atoms with Crippen LogP contribution < -0.4 is 4.74 Å². The van der Waals surface area contributed by atoms with Crippen LogP contribution in [-0.4, -0.2) is 12.4 Å². The summed E-state index contributed by atoms with van der Waals surface area (Å²) < 4.78 is 55.0. The largest absolute Gasteiger partial charge is 0.434 e. The van der Waals surface area contributed by atoms with E-state index in [1.54, 1.807) is 0 Å². The molecule has 0 N–H and O–H groups in total. The predicted octanol–water partition coefficient (Wildman–Crippen LogP) is 4.45. The van der Waals surface area contributed by atoms with Crippen LogP contribution in [0.4, 0.5) is 17.6 Å². The Morgan fingerprint density at radius 1 is 1.05 bits per heavy atom. The van der Waals surface area contributed by atoms with Gasteiger partial charge < -0.3 is 4.74 Å². The van der Waals surface area contributed by atoms with Crippen molar-refractivity contribution in [1.29, 1.82) is 0 Å². The fourth-order valence-electron chi connectivity index (χ4n) is 1.69. The molecule has 0 heterocycles. The van der Waals surface area contributed by atoms with Crippen LogP contribution in [0.5, 0.6) is 5.75 Å². The van der Waals surface area contributed by atoms with Gasteiger partial charge in [-0.3, -0.25) is 4.79 Å². The molecule has 0 radical (unpaired) electrons. The van der Waals surface area contributed by atoms with E-state index in [9.17, 15) is 22.4 Å². The monoisotopic (exact) mass is 318 g/mol. The summed E-state index contributed by atoms with van der Waals surface area (Å²) in [5, 5.41) is -0.328. The van der Waals surface area contributed by atoms with Crippen LogP contribution in [0, 0.1) is 11.6 Å². The van der Waals surface area contributed by atoms with Crippen LogP contribution in [0.15, 0.2) is 36.4 Å². The molecule has 0 aliphatic heterocycles. The second kappa shape index (κ2) is 6.13. The Morgan fingerprint density at radius 2 is 1.67 bits per heavy atom. The van der Waals surface area contributed by atoms with Crippen LogP contribution in [0.3, 0.4) is 0 Å². The molecular formula is C14H7ClF4O2. The van der Waals surface area contributed by atoms with Crippen molar-refractivity contribution in [2.45, 2.75) is 6.61 Å². The molecule has 2 rings (SSSR count). The number of ketones is 1. The molecule has 2 aromatic rings. The molecule has 0 aliphatic rings. The molecule has 0 unspecified atom stereocenters. The van der Waals surface area contributed by atoms with E-state index in [1.165, 1.54) is 18.2 Å². The maximum absolute atomic E-state index is 13.2. The van der Waals surface area contributed by atoms with Crippen molar-refractivity contribution in [3.63, 3.8) is 0 Å². The zero-order valence-corrected chi connectivity index (χ0v) is 11.0. The van der Waals surface area contributed by atoms with E-state index in [0.29, 0.717) is 12.1 Å². The summed E-state index contributed by atoms with van der Waals surface area (Å²) in [6, 6.07) is 6.44. The van der Waals surface area contributed by atoms with Gasteiger partial charge in [-0.05, 0) is 24.3 Å². The lowest BCUT2D eigenvalue weighted by Crippen LogP contribution is -2.09. The van der Waals surface area contributed by atoms with Crippen LogP contribution in [-0.2, 0) is 0 Å². The first-order valence-corrected chi connectivity index (χ1v) is 6.01. The molecule has 0 atom stereocenters. The van der Waals surface area contributed by atoms with E-state index in [1.807, 2.05) is 0 Å². The fourth-order valence-corrected chi connectivity index (χ4v) is 1.93.